The summed E-state index contributed by atoms with van der Waals surface area (Å²) in [5, 5.41) is 0. The highest BCUT2D eigenvalue weighted by Gasteiger charge is 2.36. The fourth-order valence-corrected chi connectivity index (χ4v) is 4.44. The smallest absolute Gasteiger partial charge is 0.374 e. The number of rotatable bonds is 9. The number of hydrogen-bond donors (Lipinski definition) is 0. The van der Waals surface area contributed by atoms with Gasteiger partial charge in [0, 0.05) is 23.7 Å². The number of fused-ring (bicyclic) bond motifs is 1. The first-order valence-electron chi connectivity index (χ1n) is 12.2. The molecule has 1 aliphatic carbocycles. The van der Waals surface area contributed by atoms with Crippen LogP contribution in [0.2, 0.25) is 0 Å². The Morgan fingerprint density at radius 1 is 0.919 bits per heavy atom. The Morgan fingerprint density at radius 2 is 1.59 bits per heavy atom. The Morgan fingerprint density at radius 3 is 2.27 bits per heavy atom. The monoisotopic (exact) mass is 504 g/mol. The van der Waals surface area contributed by atoms with Crippen LogP contribution in [0.3, 0.4) is 0 Å². The van der Waals surface area contributed by atoms with Crippen LogP contribution in [0.25, 0.3) is 11.3 Å². The number of carbonyl (C=O) groups excluding carboxylic acids is 4. The fraction of sp³-hybridized carbons (Fsp3) is 0.321. The fourth-order valence-electron chi connectivity index (χ4n) is 4.44. The third-order valence-corrected chi connectivity index (χ3v) is 6.10. The molecule has 4 rings (SSSR count). The molecule has 1 aromatic heterocycles. The quantitative estimate of drug-likeness (QED) is 0.318. The van der Waals surface area contributed by atoms with Crippen LogP contribution in [0, 0.1) is 0 Å². The average Bonchev–Trinajstić information content (AvgIpc) is 3.47. The number of hydrogen-bond acceptors (Lipinski definition) is 8. The Bertz CT molecular complexity index is 1340. The number of esters is 3. The molecule has 1 heterocycles. The summed E-state index contributed by atoms with van der Waals surface area (Å²) in [6, 6.07) is 11.2. The second-order valence-corrected chi connectivity index (χ2v) is 8.38. The minimum atomic E-state index is -0.724. The highest BCUT2D eigenvalue weighted by Crippen LogP contribution is 2.35. The predicted octanol–water partition coefficient (Wildman–Crippen LogP) is 3.99. The first-order chi connectivity index (χ1) is 17.9. The lowest BCUT2D eigenvalue weighted by atomic mass is 10.0. The Kier molecular flexibility index (Phi) is 7.81. The molecule has 37 heavy (non-hydrogen) atoms. The van der Waals surface area contributed by atoms with Crippen LogP contribution in [0.1, 0.15) is 69.3 Å². The van der Waals surface area contributed by atoms with Gasteiger partial charge in [0.15, 0.2) is 5.78 Å². The van der Waals surface area contributed by atoms with Gasteiger partial charge in [-0.25, -0.2) is 14.6 Å². The number of carbonyl (C=O) groups is 4. The highest BCUT2D eigenvalue weighted by molar-refractivity contribution is 6.04. The molecule has 2 aromatic carbocycles. The van der Waals surface area contributed by atoms with Crippen molar-refractivity contribution in [1.82, 2.24) is 9.55 Å². The van der Waals surface area contributed by atoms with E-state index < -0.39 is 18.0 Å². The molecule has 0 fully saturated rings. The Labute approximate surface area is 214 Å². The van der Waals surface area contributed by atoms with E-state index in [4.69, 9.17) is 14.2 Å². The van der Waals surface area contributed by atoms with Gasteiger partial charge in [0.2, 0.25) is 5.82 Å². The SMILES string of the molecule is CCOC(=O)Cc1cccc2c1CC(n1cc(-c3ccc(C(=O)OCC)cc3)nc1C(=O)OCC)C2=O. The summed E-state index contributed by atoms with van der Waals surface area (Å²) in [4.78, 5) is 54.9. The summed E-state index contributed by atoms with van der Waals surface area (Å²) in [5.74, 6) is -1.61. The maximum Gasteiger partial charge on any atom is 0.374 e. The van der Waals surface area contributed by atoms with Crippen molar-refractivity contribution in [3.05, 3.63) is 76.7 Å². The molecular weight excluding hydrogens is 476 g/mol. The molecule has 0 spiro atoms. The molecular formula is C28H28N2O7. The van der Waals surface area contributed by atoms with Crippen LogP contribution in [-0.2, 0) is 31.8 Å². The minimum absolute atomic E-state index is 0.00409. The van der Waals surface area contributed by atoms with Crippen molar-refractivity contribution in [3.63, 3.8) is 0 Å². The van der Waals surface area contributed by atoms with Gasteiger partial charge in [-0.1, -0.05) is 30.3 Å². The molecule has 0 radical (unpaired) electrons. The van der Waals surface area contributed by atoms with Crippen LogP contribution >= 0.6 is 0 Å². The van der Waals surface area contributed by atoms with E-state index in [2.05, 4.69) is 4.98 Å². The van der Waals surface area contributed by atoms with E-state index in [-0.39, 0.29) is 43.8 Å². The number of Topliss-reactive ketones (excluding diaryl/α,β-unsaturated/α-hetero) is 1. The van der Waals surface area contributed by atoms with Gasteiger partial charge in [-0.05, 0) is 44.0 Å². The molecule has 9 nitrogen and oxygen atoms in total. The van der Waals surface area contributed by atoms with Crippen molar-refractivity contribution in [3.8, 4) is 11.3 Å². The zero-order chi connectivity index (χ0) is 26.5. The van der Waals surface area contributed by atoms with Gasteiger partial charge in [0.1, 0.15) is 6.04 Å². The first kappa shape index (κ1) is 25.8. The van der Waals surface area contributed by atoms with E-state index in [1.165, 1.54) is 0 Å². The summed E-state index contributed by atoms with van der Waals surface area (Å²) >= 11 is 0. The zero-order valence-electron chi connectivity index (χ0n) is 21.0. The largest absolute Gasteiger partial charge is 0.466 e. The number of imidazole rings is 1. The van der Waals surface area contributed by atoms with Crippen molar-refractivity contribution < 1.29 is 33.4 Å². The van der Waals surface area contributed by atoms with Crippen molar-refractivity contribution in [2.75, 3.05) is 19.8 Å². The maximum absolute atomic E-state index is 13.5. The van der Waals surface area contributed by atoms with Gasteiger partial charge in [-0.3, -0.25) is 9.59 Å². The van der Waals surface area contributed by atoms with E-state index >= 15 is 0 Å². The molecule has 3 aromatic rings. The maximum atomic E-state index is 13.5. The summed E-state index contributed by atoms with van der Waals surface area (Å²) in [7, 11) is 0. The molecule has 1 aliphatic rings. The van der Waals surface area contributed by atoms with Gasteiger partial charge in [0.05, 0.1) is 37.5 Å². The van der Waals surface area contributed by atoms with Crippen LogP contribution < -0.4 is 0 Å². The zero-order valence-corrected chi connectivity index (χ0v) is 21.0. The number of benzene rings is 2. The Balaban J connectivity index is 1.69. The molecule has 0 amide bonds. The van der Waals surface area contributed by atoms with E-state index in [1.807, 2.05) is 6.07 Å². The van der Waals surface area contributed by atoms with Crippen LogP contribution in [0.4, 0.5) is 0 Å². The average molecular weight is 505 g/mol. The molecule has 1 atom stereocenters. The molecule has 192 valence electrons. The summed E-state index contributed by atoms with van der Waals surface area (Å²) in [6.45, 7) is 5.86. The van der Waals surface area contributed by atoms with Gasteiger partial charge < -0.3 is 18.8 Å². The predicted molar refractivity (Wildman–Crippen MR) is 133 cm³/mol. The highest BCUT2D eigenvalue weighted by atomic mass is 16.5. The van der Waals surface area contributed by atoms with Crippen molar-refractivity contribution >= 4 is 23.7 Å². The van der Waals surface area contributed by atoms with Crippen molar-refractivity contribution in [2.24, 2.45) is 0 Å². The Hall–Kier alpha value is -4.27. The van der Waals surface area contributed by atoms with Gasteiger partial charge in [-0.15, -0.1) is 0 Å². The standard InChI is InChI=1S/C28H28N2O7/c1-4-35-24(31)14-19-8-7-9-20-21(19)15-23(25(20)32)30-16-22(29-26(30)28(34)37-6-3)17-10-12-18(13-11-17)27(33)36-5-2/h7-13,16,23H,4-6,14-15H2,1-3H3. The van der Waals surface area contributed by atoms with E-state index in [1.54, 1.807) is 67.9 Å². The number of ether oxygens (including phenoxy) is 3. The topological polar surface area (TPSA) is 114 Å². The lowest BCUT2D eigenvalue weighted by Gasteiger charge is -2.13. The van der Waals surface area contributed by atoms with Gasteiger partial charge in [0.25, 0.3) is 0 Å². The van der Waals surface area contributed by atoms with Crippen molar-refractivity contribution in [2.45, 2.75) is 39.7 Å². The molecule has 9 heteroatoms. The second-order valence-electron chi connectivity index (χ2n) is 8.38. The molecule has 0 N–H and O–H groups in total. The van der Waals surface area contributed by atoms with Crippen LogP contribution in [0.5, 0.6) is 0 Å². The summed E-state index contributed by atoms with van der Waals surface area (Å²) < 4.78 is 16.9. The van der Waals surface area contributed by atoms with E-state index in [0.29, 0.717) is 28.8 Å². The molecule has 1 unspecified atom stereocenters. The van der Waals surface area contributed by atoms with E-state index in [9.17, 15) is 19.2 Å². The normalized spacial score (nSPS) is 14.2. The number of aromatic nitrogens is 2. The molecule has 0 aliphatic heterocycles. The second kappa shape index (κ2) is 11.2. The lowest BCUT2D eigenvalue weighted by molar-refractivity contribution is -0.142. The molecule has 0 bridgehead atoms. The summed E-state index contributed by atoms with van der Waals surface area (Å²) in [6.07, 6.45) is 2.00. The first-order valence-corrected chi connectivity index (χ1v) is 12.2. The molecule has 0 saturated heterocycles. The molecule has 0 saturated carbocycles. The van der Waals surface area contributed by atoms with Crippen LogP contribution in [0.15, 0.2) is 48.7 Å². The number of nitrogens with zero attached hydrogens (tertiary/aromatic N) is 2. The minimum Gasteiger partial charge on any atom is -0.466 e. The lowest BCUT2D eigenvalue weighted by Crippen LogP contribution is -2.21. The number of ketones is 1. The van der Waals surface area contributed by atoms with Crippen molar-refractivity contribution in [1.29, 1.82) is 0 Å². The third kappa shape index (κ3) is 5.30. The summed E-state index contributed by atoms with van der Waals surface area (Å²) in [5.41, 5.74) is 3.49. The van der Waals surface area contributed by atoms with Crippen LogP contribution in [-0.4, -0.2) is 53.1 Å². The third-order valence-electron chi connectivity index (χ3n) is 6.10. The van der Waals surface area contributed by atoms with E-state index in [0.717, 1.165) is 11.1 Å². The van der Waals surface area contributed by atoms with Gasteiger partial charge in [-0.2, -0.15) is 0 Å². The van der Waals surface area contributed by atoms with Gasteiger partial charge >= 0.3 is 17.9 Å².